The predicted molar refractivity (Wildman–Crippen MR) is 70.5 cm³/mol. The van der Waals surface area contributed by atoms with Gasteiger partial charge in [-0.1, -0.05) is 0 Å². The molecule has 20 heavy (non-hydrogen) atoms. The molecule has 2 atom stereocenters. The number of nitrogens with zero attached hydrogens (tertiary/aromatic N) is 3. The minimum atomic E-state index is -0.493. The van der Waals surface area contributed by atoms with Crippen LogP contribution in [0.1, 0.15) is 19.3 Å². The second-order valence-electron chi connectivity index (χ2n) is 4.86. The minimum Gasteiger partial charge on any atom is -0.381 e. The van der Waals surface area contributed by atoms with Gasteiger partial charge < -0.3 is 10.1 Å². The Morgan fingerprint density at radius 3 is 2.90 bits per heavy atom. The second kappa shape index (κ2) is 5.04. The number of rotatable bonds is 4. The lowest BCUT2D eigenvalue weighted by atomic mass is 10.2. The van der Waals surface area contributed by atoms with E-state index in [9.17, 15) is 10.1 Å². The van der Waals surface area contributed by atoms with E-state index in [1.165, 1.54) is 6.07 Å². The molecule has 1 fully saturated rings. The standard InChI is InChI=1S/C12H14N4O4/c1-19-8-3-2-7(6-8)13-9-4-5-10(16(17)18)12-11(9)14-20-15-12/h4-5,7-8,13H,2-3,6H2,1H3. The summed E-state index contributed by atoms with van der Waals surface area (Å²) in [4.78, 5) is 10.4. The zero-order valence-electron chi connectivity index (χ0n) is 10.9. The number of nitro benzene ring substituents is 1. The maximum atomic E-state index is 10.9. The summed E-state index contributed by atoms with van der Waals surface area (Å²) in [7, 11) is 1.71. The number of nitro groups is 1. The van der Waals surface area contributed by atoms with Crippen molar-refractivity contribution in [2.24, 2.45) is 0 Å². The second-order valence-corrected chi connectivity index (χ2v) is 4.86. The van der Waals surface area contributed by atoms with Gasteiger partial charge in [-0.25, -0.2) is 4.63 Å². The van der Waals surface area contributed by atoms with Crippen LogP contribution in [0.4, 0.5) is 11.4 Å². The molecule has 1 aliphatic rings. The molecule has 1 aliphatic carbocycles. The quantitative estimate of drug-likeness (QED) is 0.674. The molecule has 0 saturated heterocycles. The summed E-state index contributed by atoms with van der Waals surface area (Å²) in [5, 5.41) is 21.6. The summed E-state index contributed by atoms with van der Waals surface area (Å²) in [6.07, 6.45) is 3.15. The third-order valence-electron chi connectivity index (χ3n) is 3.67. The van der Waals surface area contributed by atoms with Gasteiger partial charge in [0.2, 0.25) is 5.52 Å². The summed E-state index contributed by atoms with van der Waals surface area (Å²) in [5.41, 5.74) is 1.16. The van der Waals surface area contributed by atoms with E-state index in [0.717, 1.165) is 19.3 Å². The Kier molecular flexibility index (Phi) is 3.23. The minimum absolute atomic E-state index is 0.104. The van der Waals surface area contributed by atoms with Crippen LogP contribution in [0.5, 0.6) is 0 Å². The lowest BCUT2D eigenvalue weighted by molar-refractivity contribution is -0.383. The van der Waals surface area contributed by atoms with Gasteiger partial charge in [0.05, 0.1) is 16.7 Å². The molecule has 0 spiro atoms. The Morgan fingerprint density at radius 1 is 1.40 bits per heavy atom. The Hall–Kier alpha value is -2.22. The topological polar surface area (TPSA) is 103 Å². The molecule has 2 aromatic rings. The van der Waals surface area contributed by atoms with Crippen molar-refractivity contribution in [1.29, 1.82) is 0 Å². The molecule has 1 aromatic carbocycles. The average Bonchev–Trinajstić information content (AvgIpc) is 3.07. The first kappa shape index (κ1) is 12.8. The number of methoxy groups -OCH3 is 1. The molecule has 8 heteroatoms. The Labute approximate surface area is 114 Å². The molecule has 1 aromatic heterocycles. The zero-order valence-corrected chi connectivity index (χ0v) is 10.9. The van der Waals surface area contributed by atoms with Crippen LogP contribution in [-0.2, 0) is 4.74 Å². The van der Waals surface area contributed by atoms with Crippen molar-refractivity contribution in [3.05, 3.63) is 22.2 Å². The van der Waals surface area contributed by atoms with Crippen LogP contribution >= 0.6 is 0 Å². The average molecular weight is 278 g/mol. The van der Waals surface area contributed by atoms with Crippen LogP contribution < -0.4 is 5.32 Å². The maximum absolute atomic E-state index is 10.9. The number of hydrogen-bond donors (Lipinski definition) is 1. The van der Waals surface area contributed by atoms with E-state index in [-0.39, 0.29) is 23.3 Å². The summed E-state index contributed by atoms with van der Waals surface area (Å²) < 4.78 is 9.96. The third kappa shape index (κ3) is 2.18. The highest BCUT2D eigenvalue weighted by Gasteiger charge is 2.26. The smallest absolute Gasteiger partial charge is 0.300 e. The fourth-order valence-corrected chi connectivity index (χ4v) is 2.62. The molecule has 1 N–H and O–H groups in total. The highest BCUT2D eigenvalue weighted by molar-refractivity contribution is 5.93. The fourth-order valence-electron chi connectivity index (χ4n) is 2.62. The van der Waals surface area contributed by atoms with Crippen molar-refractivity contribution in [3.63, 3.8) is 0 Å². The van der Waals surface area contributed by atoms with E-state index < -0.39 is 4.92 Å². The van der Waals surface area contributed by atoms with Crippen molar-refractivity contribution in [2.45, 2.75) is 31.4 Å². The molecule has 1 saturated carbocycles. The lowest BCUT2D eigenvalue weighted by Gasteiger charge is -2.14. The first-order chi connectivity index (χ1) is 9.69. The summed E-state index contributed by atoms with van der Waals surface area (Å²) in [6.45, 7) is 0. The van der Waals surface area contributed by atoms with Gasteiger partial charge >= 0.3 is 5.69 Å². The molecule has 1 heterocycles. The largest absolute Gasteiger partial charge is 0.381 e. The van der Waals surface area contributed by atoms with Gasteiger partial charge in [-0.05, 0) is 35.6 Å². The molecule has 2 unspecified atom stereocenters. The molecule has 106 valence electrons. The Bertz CT molecular complexity index is 641. The van der Waals surface area contributed by atoms with Crippen LogP contribution in [0.3, 0.4) is 0 Å². The van der Waals surface area contributed by atoms with Gasteiger partial charge in [0.1, 0.15) is 0 Å². The van der Waals surface area contributed by atoms with E-state index in [2.05, 4.69) is 20.3 Å². The van der Waals surface area contributed by atoms with Gasteiger partial charge in [-0.15, -0.1) is 0 Å². The monoisotopic (exact) mass is 278 g/mol. The summed E-state index contributed by atoms with van der Waals surface area (Å²) in [6, 6.07) is 3.32. The molecule has 0 aliphatic heterocycles. The SMILES string of the molecule is COC1CCC(Nc2ccc([N+](=O)[O-])c3nonc23)C1. The van der Waals surface area contributed by atoms with Crippen LogP contribution in [0.25, 0.3) is 11.0 Å². The Balaban J connectivity index is 1.88. The van der Waals surface area contributed by atoms with Gasteiger partial charge in [0.25, 0.3) is 0 Å². The summed E-state index contributed by atoms with van der Waals surface area (Å²) >= 11 is 0. The van der Waals surface area contributed by atoms with Crippen molar-refractivity contribution >= 4 is 22.4 Å². The highest BCUT2D eigenvalue weighted by Crippen LogP contribution is 2.31. The third-order valence-corrected chi connectivity index (χ3v) is 3.67. The number of hydrogen-bond acceptors (Lipinski definition) is 7. The van der Waals surface area contributed by atoms with E-state index >= 15 is 0 Å². The van der Waals surface area contributed by atoms with E-state index in [1.807, 2.05) is 0 Å². The summed E-state index contributed by atoms with van der Waals surface area (Å²) in [5.74, 6) is 0. The first-order valence-electron chi connectivity index (χ1n) is 6.38. The van der Waals surface area contributed by atoms with Gasteiger partial charge in [-0.2, -0.15) is 0 Å². The van der Waals surface area contributed by atoms with Crippen molar-refractivity contribution in [3.8, 4) is 0 Å². The predicted octanol–water partition coefficient (Wildman–Crippen LogP) is 2.11. The number of aromatic nitrogens is 2. The lowest BCUT2D eigenvalue weighted by Crippen LogP contribution is -2.17. The van der Waals surface area contributed by atoms with Crippen LogP contribution in [-0.4, -0.2) is 34.5 Å². The zero-order chi connectivity index (χ0) is 14.1. The first-order valence-corrected chi connectivity index (χ1v) is 6.38. The number of benzene rings is 1. The van der Waals surface area contributed by atoms with Crippen LogP contribution in [0.2, 0.25) is 0 Å². The van der Waals surface area contributed by atoms with E-state index in [1.54, 1.807) is 13.2 Å². The number of ether oxygens (including phenoxy) is 1. The van der Waals surface area contributed by atoms with Crippen molar-refractivity contribution in [2.75, 3.05) is 12.4 Å². The number of non-ortho nitro benzene ring substituents is 1. The number of fused-ring (bicyclic) bond motifs is 1. The van der Waals surface area contributed by atoms with Gasteiger partial charge in [-0.3, -0.25) is 10.1 Å². The molecule has 3 rings (SSSR count). The van der Waals surface area contributed by atoms with Crippen LogP contribution in [0, 0.1) is 10.1 Å². The fraction of sp³-hybridized carbons (Fsp3) is 0.500. The number of nitrogens with one attached hydrogen (secondary N) is 1. The van der Waals surface area contributed by atoms with Crippen molar-refractivity contribution in [1.82, 2.24) is 10.3 Å². The molecular formula is C12H14N4O4. The molecule has 8 nitrogen and oxygen atoms in total. The van der Waals surface area contributed by atoms with Crippen molar-refractivity contribution < 1.29 is 14.3 Å². The van der Waals surface area contributed by atoms with Gasteiger partial charge in [0, 0.05) is 19.2 Å². The Morgan fingerprint density at radius 2 is 2.20 bits per heavy atom. The maximum Gasteiger partial charge on any atom is 0.300 e. The van der Waals surface area contributed by atoms with Crippen LogP contribution in [0.15, 0.2) is 16.8 Å². The highest BCUT2D eigenvalue weighted by atomic mass is 16.6. The molecular weight excluding hydrogens is 264 g/mol. The normalized spacial score (nSPS) is 22.2. The molecule has 0 amide bonds. The number of anilines is 1. The van der Waals surface area contributed by atoms with E-state index in [0.29, 0.717) is 11.2 Å². The molecule has 0 radical (unpaired) electrons. The molecule has 0 bridgehead atoms. The van der Waals surface area contributed by atoms with E-state index in [4.69, 9.17) is 4.74 Å². The van der Waals surface area contributed by atoms with Gasteiger partial charge in [0.15, 0.2) is 5.52 Å².